The molecular formula is C30H37ClF3N3O5. The summed E-state index contributed by atoms with van der Waals surface area (Å²) in [7, 11) is 0. The monoisotopic (exact) mass is 611 g/mol. The minimum atomic E-state index is -4.92. The lowest BCUT2D eigenvalue weighted by Gasteiger charge is -2.34. The van der Waals surface area contributed by atoms with Crippen molar-refractivity contribution in [3.8, 4) is 0 Å². The van der Waals surface area contributed by atoms with E-state index in [1.54, 1.807) is 26.0 Å². The number of aliphatic carboxylic acids is 1. The SMILES string of the molecule is Cc1cc(C)c(C(=O)CN(C[C@@H]2CCC(C)(C)O2)C(=O)c2cnn(C3CCC(C)(C(=O)O)CC3)c2C(F)(F)F)c(Cl)c1. The Bertz CT molecular complexity index is 1360. The lowest BCUT2D eigenvalue weighted by atomic mass is 9.74. The van der Waals surface area contributed by atoms with E-state index in [-0.39, 0.29) is 42.8 Å². The smallest absolute Gasteiger partial charge is 0.433 e. The zero-order valence-corrected chi connectivity index (χ0v) is 25.2. The molecule has 1 aliphatic heterocycles. The molecule has 42 heavy (non-hydrogen) atoms. The van der Waals surface area contributed by atoms with Crippen LogP contribution >= 0.6 is 11.6 Å². The molecule has 2 heterocycles. The number of ketones is 1. The summed E-state index contributed by atoms with van der Waals surface area (Å²) in [6.45, 7) is 8.33. The summed E-state index contributed by atoms with van der Waals surface area (Å²) in [4.78, 5) is 40.1. The second kappa shape index (κ2) is 11.6. The van der Waals surface area contributed by atoms with Crippen molar-refractivity contribution in [2.75, 3.05) is 13.1 Å². The molecule has 1 aromatic heterocycles. The number of carbonyl (C=O) groups excluding carboxylic acids is 2. The van der Waals surface area contributed by atoms with Gasteiger partial charge >= 0.3 is 12.1 Å². The van der Waals surface area contributed by atoms with Crippen molar-refractivity contribution >= 4 is 29.3 Å². The summed E-state index contributed by atoms with van der Waals surface area (Å²) in [5, 5.41) is 13.7. The van der Waals surface area contributed by atoms with E-state index in [9.17, 15) is 32.7 Å². The molecule has 8 nitrogen and oxygen atoms in total. The zero-order chi connectivity index (χ0) is 31.2. The quantitative estimate of drug-likeness (QED) is 0.335. The average Bonchev–Trinajstić information content (AvgIpc) is 3.46. The first kappa shape index (κ1) is 32.0. The van der Waals surface area contributed by atoms with Crippen LogP contribution in [0.1, 0.15) is 103 Å². The van der Waals surface area contributed by atoms with Crippen LogP contribution < -0.4 is 0 Å². The van der Waals surface area contributed by atoms with Crippen molar-refractivity contribution in [2.45, 2.75) is 97.1 Å². The molecule has 1 saturated carbocycles. The highest BCUT2D eigenvalue weighted by Crippen LogP contribution is 2.43. The number of hydrogen-bond acceptors (Lipinski definition) is 5. The number of nitrogens with zero attached hydrogens (tertiary/aromatic N) is 3. The number of Topliss-reactive ketones (excluding diaryl/α,β-unsaturated/α-hetero) is 1. The van der Waals surface area contributed by atoms with Crippen LogP contribution in [0.4, 0.5) is 13.2 Å². The maximum absolute atomic E-state index is 14.5. The normalized spacial score (nSPS) is 24.0. The zero-order valence-electron chi connectivity index (χ0n) is 24.5. The van der Waals surface area contributed by atoms with Gasteiger partial charge in [0, 0.05) is 12.1 Å². The van der Waals surface area contributed by atoms with Crippen LogP contribution in [0.3, 0.4) is 0 Å². The van der Waals surface area contributed by atoms with Crippen molar-refractivity contribution < 1.29 is 37.4 Å². The van der Waals surface area contributed by atoms with E-state index in [1.807, 2.05) is 20.8 Å². The van der Waals surface area contributed by atoms with Gasteiger partial charge in [-0.2, -0.15) is 18.3 Å². The Morgan fingerprint density at radius 1 is 1.12 bits per heavy atom. The van der Waals surface area contributed by atoms with E-state index in [4.69, 9.17) is 16.3 Å². The largest absolute Gasteiger partial charge is 0.481 e. The van der Waals surface area contributed by atoms with Gasteiger partial charge in [0.1, 0.15) is 0 Å². The van der Waals surface area contributed by atoms with Crippen molar-refractivity contribution in [1.82, 2.24) is 14.7 Å². The predicted molar refractivity (Wildman–Crippen MR) is 150 cm³/mol. The van der Waals surface area contributed by atoms with Gasteiger partial charge in [0.25, 0.3) is 5.91 Å². The number of halogens is 4. The molecular weight excluding hydrogens is 575 g/mol. The Morgan fingerprint density at radius 2 is 1.76 bits per heavy atom. The second-order valence-corrected chi connectivity index (χ2v) is 12.9. The first-order valence-corrected chi connectivity index (χ1v) is 14.4. The van der Waals surface area contributed by atoms with Crippen LogP contribution in [-0.2, 0) is 15.7 Å². The lowest BCUT2D eigenvalue weighted by molar-refractivity contribution is -0.152. The van der Waals surface area contributed by atoms with Crippen molar-refractivity contribution in [3.05, 3.63) is 51.3 Å². The molecule has 1 aromatic carbocycles. The summed E-state index contributed by atoms with van der Waals surface area (Å²) in [5.41, 5.74) is -1.70. The van der Waals surface area contributed by atoms with Gasteiger partial charge in [0.05, 0.1) is 46.5 Å². The maximum Gasteiger partial charge on any atom is 0.433 e. The van der Waals surface area contributed by atoms with E-state index in [2.05, 4.69) is 5.10 Å². The third-order valence-electron chi connectivity index (χ3n) is 8.53. The molecule has 0 unspecified atom stereocenters. The highest BCUT2D eigenvalue weighted by molar-refractivity contribution is 6.34. The Kier molecular flexibility index (Phi) is 8.87. The van der Waals surface area contributed by atoms with Gasteiger partial charge in [-0.1, -0.05) is 17.7 Å². The molecule has 1 aliphatic carbocycles. The highest BCUT2D eigenvalue weighted by atomic mass is 35.5. The maximum atomic E-state index is 14.5. The van der Waals surface area contributed by atoms with E-state index < -0.39 is 64.8 Å². The number of carboxylic acid groups (broad SMARTS) is 1. The number of ether oxygens (including phenoxy) is 1. The first-order valence-electron chi connectivity index (χ1n) is 14.1. The highest BCUT2D eigenvalue weighted by Gasteiger charge is 2.45. The van der Waals surface area contributed by atoms with Crippen LogP contribution in [0.2, 0.25) is 5.02 Å². The van der Waals surface area contributed by atoms with Crippen LogP contribution in [0.25, 0.3) is 0 Å². The fraction of sp³-hybridized carbons (Fsp3) is 0.600. The van der Waals surface area contributed by atoms with Crippen molar-refractivity contribution in [1.29, 1.82) is 0 Å². The van der Waals surface area contributed by atoms with Crippen LogP contribution in [0.15, 0.2) is 18.3 Å². The Morgan fingerprint density at radius 3 is 2.29 bits per heavy atom. The minimum Gasteiger partial charge on any atom is -0.481 e. The van der Waals surface area contributed by atoms with Gasteiger partial charge < -0.3 is 14.7 Å². The summed E-state index contributed by atoms with van der Waals surface area (Å²) < 4.78 is 50.5. The Hall–Kier alpha value is -2.92. The van der Waals surface area contributed by atoms with E-state index in [0.29, 0.717) is 18.4 Å². The molecule has 0 bridgehead atoms. The fourth-order valence-corrected chi connectivity index (χ4v) is 6.57. The average molecular weight is 612 g/mol. The summed E-state index contributed by atoms with van der Waals surface area (Å²) >= 11 is 6.38. The van der Waals surface area contributed by atoms with Gasteiger partial charge in [-0.05, 0) is 90.3 Å². The molecule has 0 radical (unpaired) electrons. The van der Waals surface area contributed by atoms with Crippen LogP contribution in [0, 0.1) is 19.3 Å². The van der Waals surface area contributed by atoms with E-state index in [0.717, 1.165) is 21.3 Å². The molecule has 1 amide bonds. The lowest BCUT2D eigenvalue weighted by Crippen LogP contribution is -2.42. The number of carboxylic acids is 1. The Balaban J connectivity index is 1.68. The van der Waals surface area contributed by atoms with Gasteiger partial charge in [-0.25, -0.2) is 0 Å². The third-order valence-corrected chi connectivity index (χ3v) is 8.82. The number of alkyl halides is 3. The molecule has 4 rings (SSSR count). The van der Waals surface area contributed by atoms with Crippen molar-refractivity contribution in [2.24, 2.45) is 5.41 Å². The third kappa shape index (κ3) is 6.67. The molecule has 2 fully saturated rings. The molecule has 230 valence electrons. The van der Waals surface area contributed by atoms with Gasteiger partial charge in [-0.3, -0.25) is 19.1 Å². The minimum absolute atomic E-state index is 0.0839. The Labute approximate surface area is 248 Å². The summed E-state index contributed by atoms with van der Waals surface area (Å²) in [5.74, 6) is -2.47. The number of aromatic nitrogens is 2. The first-order chi connectivity index (χ1) is 19.4. The number of rotatable bonds is 8. The molecule has 2 aromatic rings. The molecule has 1 N–H and O–H groups in total. The predicted octanol–water partition coefficient (Wildman–Crippen LogP) is 6.66. The second-order valence-electron chi connectivity index (χ2n) is 12.5. The van der Waals surface area contributed by atoms with Crippen molar-refractivity contribution in [3.63, 3.8) is 0 Å². The number of amides is 1. The fourth-order valence-electron chi connectivity index (χ4n) is 6.14. The molecule has 0 spiro atoms. The molecule has 1 saturated heterocycles. The number of benzene rings is 1. The number of hydrogen-bond donors (Lipinski definition) is 1. The van der Waals surface area contributed by atoms with Crippen LogP contribution in [-0.4, -0.2) is 62.2 Å². The standard InChI is InChI=1S/C30H37ClF3N3O5/c1-17-12-18(2)24(22(31)13-17)23(38)16-36(15-20-8-9-28(3,4)42-20)26(39)21-14-35-37(25(21)30(32,33)34)19-6-10-29(5,11-7-19)27(40)41/h12-14,19-20H,6-11,15-16H2,1-5H3,(H,40,41)/t19?,20-,29?/m0/s1. The summed E-state index contributed by atoms with van der Waals surface area (Å²) in [6.07, 6.45) is -2.53. The molecule has 1 atom stereocenters. The summed E-state index contributed by atoms with van der Waals surface area (Å²) in [6, 6.07) is 2.68. The van der Waals surface area contributed by atoms with Gasteiger partial charge in [0.15, 0.2) is 11.5 Å². The van der Waals surface area contributed by atoms with Gasteiger partial charge in [-0.15, -0.1) is 0 Å². The molecule has 12 heteroatoms. The van der Waals surface area contributed by atoms with Crippen LogP contribution in [0.5, 0.6) is 0 Å². The molecule has 2 aliphatic rings. The number of aryl methyl sites for hydroxylation is 2. The number of carbonyl (C=O) groups is 3. The van der Waals surface area contributed by atoms with Gasteiger partial charge in [0.2, 0.25) is 0 Å². The van der Waals surface area contributed by atoms with E-state index in [1.165, 1.54) is 0 Å². The topological polar surface area (TPSA) is 102 Å². The van der Waals surface area contributed by atoms with E-state index >= 15 is 0 Å².